The summed E-state index contributed by atoms with van der Waals surface area (Å²) < 4.78 is 16.2. The van der Waals surface area contributed by atoms with E-state index in [1.807, 2.05) is 43.3 Å². The molecule has 2 aromatic carbocycles. The summed E-state index contributed by atoms with van der Waals surface area (Å²) in [6.07, 6.45) is 1.61. The molecule has 0 saturated heterocycles. The molecular formula is C20H21ClO4. The largest absolute Gasteiger partial charge is 0.493 e. The second kappa shape index (κ2) is 6.96. The summed E-state index contributed by atoms with van der Waals surface area (Å²) in [5, 5.41) is 0.661. The van der Waals surface area contributed by atoms with Gasteiger partial charge in [-0.1, -0.05) is 23.7 Å². The number of halogens is 1. The third kappa shape index (κ3) is 3.45. The van der Waals surface area contributed by atoms with Crippen molar-refractivity contribution >= 4 is 17.6 Å². The number of carbonyl (C=O) groups excluding carboxylic acids is 1. The van der Waals surface area contributed by atoms with Crippen molar-refractivity contribution in [1.82, 2.24) is 0 Å². The Morgan fingerprint density at radius 2 is 1.68 bits per heavy atom. The van der Waals surface area contributed by atoms with E-state index in [2.05, 4.69) is 0 Å². The highest BCUT2D eigenvalue weighted by atomic mass is 35.5. The summed E-state index contributed by atoms with van der Waals surface area (Å²) in [4.78, 5) is 12.7. The molecule has 0 N–H and O–H groups in total. The number of carbonyl (C=O) groups is 1. The van der Waals surface area contributed by atoms with E-state index in [4.69, 9.17) is 25.8 Å². The quantitative estimate of drug-likeness (QED) is 0.714. The topological polar surface area (TPSA) is 44.8 Å². The number of methoxy groups -OCH3 is 2. The zero-order valence-corrected chi connectivity index (χ0v) is 15.4. The molecule has 1 aliphatic carbocycles. The third-order valence-electron chi connectivity index (χ3n) is 4.74. The van der Waals surface area contributed by atoms with Gasteiger partial charge in [-0.25, -0.2) is 0 Å². The number of aryl methyl sites for hydroxylation is 1. The first-order chi connectivity index (χ1) is 12.0. The Kier molecular flexibility index (Phi) is 4.91. The highest BCUT2D eigenvalue weighted by Gasteiger charge is 2.52. The molecule has 25 heavy (non-hydrogen) atoms. The van der Waals surface area contributed by atoms with Gasteiger partial charge < -0.3 is 14.2 Å². The molecule has 0 spiro atoms. The van der Waals surface area contributed by atoms with Crippen LogP contribution in [0, 0.1) is 6.92 Å². The molecule has 0 heterocycles. The molecule has 2 aromatic rings. The molecule has 1 saturated carbocycles. The van der Waals surface area contributed by atoms with Crippen LogP contribution in [0.5, 0.6) is 11.5 Å². The zero-order valence-electron chi connectivity index (χ0n) is 14.6. The summed E-state index contributed by atoms with van der Waals surface area (Å²) in [6.45, 7) is 2.16. The second-order valence-electron chi connectivity index (χ2n) is 6.30. The molecule has 0 radical (unpaired) electrons. The summed E-state index contributed by atoms with van der Waals surface area (Å²) in [5.74, 6) is 1.09. The van der Waals surface area contributed by atoms with Gasteiger partial charge in [0.1, 0.15) is 6.61 Å². The molecule has 0 amide bonds. The van der Waals surface area contributed by atoms with E-state index in [0.29, 0.717) is 16.5 Å². The van der Waals surface area contributed by atoms with Gasteiger partial charge in [0, 0.05) is 5.02 Å². The second-order valence-corrected chi connectivity index (χ2v) is 6.74. The van der Waals surface area contributed by atoms with E-state index in [1.165, 1.54) is 0 Å². The smallest absolute Gasteiger partial charge is 0.316 e. The van der Waals surface area contributed by atoms with Crippen molar-refractivity contribution in [2.75, 3.05) is 14.2 Å². The van der Waals surface area contributed by atoms with Gasteiger partial charge in [0.2, 0.25) is 0 Å². The van der Waals surface area contributed by atoms with Crippen LogP contribution in [-0.4, -0.2) is 20.2 Å². The lowest BCUT2D eigenvalue weighted by Gasteiger charge is -2.17. The van der Waals surface area contributed by atoms with E-state index in [1.54, 1.807) is 14.2 Å². The van der Waals surface area contributed by atoms with Crippen molar-refractivity contribution in [2.45, 2.75) is 31.8 Å². The minimum atomic E-state index is -0.519. The van der Waals surface area contributed by atoms with Crippen LogP contribution < -0.4 is 9.47 Å². The highest BCUT2D eigenvalue weighted by Crippen LogP contribution is 2.49. The number of benzene rings is 2. The molecule has 5 heteroatoms. The molecule has 0 aromatic heterocycles. The highest BCUT2D eigenvalue weighted by molar-refractivity contribution is 6.30. The summed E-state index contributed by atoms with van der Waals surface area (Å²) in [7, 11) is 3.18. The maximum absolute atomic E-state index is 12.7. The Morgan fingerprint density at radius 1 is 1.08 bits per heavy atom. The van der Waals surface area contributed by atoms with Crippen LogP contribution in [0.1, 0.15) is 29.5 Å². The van der Waals surface area contributed by atoms with Crippen LogP contribution in [-0.2, 0) is 21.6 Å². The summed E-state index contributed by atoms with van der Waals surface area (Å²) >= 11 is 5.94. The monoisotopic (exact) mass is 360 g/mol. The van der Waals surface area contributed by atoms with Gasteiger partial charge in [0.05, 0.1) is 19.6 Å². The van der Waals surface area contributed by atoms with Gasteiger partial charge in [0.25, 0.3) is 0 Å². The van der Waals surface area contributed by atoms with E-state index < -0.39 is 5.41 Å². The normalized spacial score (nSPS) is 14.7. The van der Waals surface area contributed by atoms with Crippen molar-refractivity contribution in [3.8, 4) is 11.5 Å². The maximum Gasteiger partial charge on any atom is 0.316 e. The number of esters is 1. The molecule has 0 unspecified atom stereocenters. The molecule has 0 bridgehead atoms. The van der Waals surface area contributed by atoms with Crippen molar-refractivity contribution < 1.29 is 19.0 Å². The Bertz CT molecular complexity index is 779. The number of rotatable bonds is 6. The van der Waals surface area contributed by atoms with Crippen molar-refractivity contribution in [2.24, 2.45) is 0 Å². The van der Waals surface area contributed by atoms with Crippen LogP contribution in [0.2, 0.25) is 5.02 Å². The fraction of sp³-hybridized carbons (Fsp3) is 0.350. The molecule has 4 nitrogen and oxygen atoms in total. The first-order valence-electron chi connectivity index (χ1n) is 8.15. The van der Waals surface area contributed by atoms with Crippen molar-refractivity contribution in [1.29, 1.82) is 0 Å². The van der Waals surface area contributed by atoms with E-state index in [9.17, 15) is 4.79 Å². The molecular weight excluding hydrogens is 340 g/mol. The first-order valence-corrected chi connectivity index (χ1v) is 8.53. The minimum absolute atomic E-state index is 0.191. The average Bonchev–Trinajstić information content (AvgIpc) is 3.42. The number of ether oxygens (including phenoxy) is 3. The third-order valence-corrected chi connectivity index (χ3v) is 4.99. The lowest BCUT2D eigenvalue weighted by molar-refractivity contribution is -0.148. The van der Waals surface area contributed by atoms with Crippen LogP contribution in [0.4, 0.5) is 0 Å². The molecule has 1 aliphatic rings. The SMILES string of the molecule is COc1cc(C)c(COC(=O)C2(c3ccc(Cl)cc3)CC2)cc1OC. The first kappa shape index (κ1) is 17.6. The zero-order chi connectivity index (χ0) is 18.0. The summed E-state index contributed by atoms with van der Waals surface area (Å²) in [5.41, 5.74) is 2.33. The van der Waals surface area contributed by atoms with Crippen LogP contribution in [0.25, 0.3) is 0 Å². The van der Waals surface area contributed by atoms with E-state index >= 15 is 0 Å². The average molecular weight is 361 g/mol. The molecule has 1 fully saturated rings. The van der Waals surface area contributed by atoms with Crippen LogP contribution >= 0.6 is 11.6 Å². The maximum atomic E-state index is 12.7. The molecule has 132 valence electrons. The van der Waals surface area contributed by atoms with Crippen LogP contribution in [0.3, 0.4) is 0 Å². The molecule has 0 aliphatic heterocycles. The predicted octanol–water partition coefficient (Wildman–Crippen LogP) is 4.44. The van der Waals surface area contributed by atoms with Gasteiger partial charge >= 0.3 is 5.97 Å². The fourth-order valence-corrected chi connectivity index (χ4v) is 3.09. The van der Waals surface area contributed by atoms with Gasteiger partial charge in [0.15, 0.2) is 11.5 Å². The Hall–Kier alpha value is -2.20. The Labute approximate surface area is 152 Å². The van der Waals surface area contributed by atoms with Gasteiger partial charge in [-0.05, 0) is 60.7 Å². The number of hydrogen-bond acceptors (Lipinski definition) is 4. The standard InChI is InChI=1S/C20H21ClO4/c1-13-10-17(23-2)18(24-3)11-14(13)12-25-19(22)20(8-9-20)15-4-6-16(21)7-5-15/h4-7,10-11H,8-9,12H2,1-3H3. The van der Waals surface area contributed by atoms with Crippen molar-refractivity contribution in [3.05, 3.63) is 58.1 Å². The molecule has 0 atom stereocenters. The lowest BCUT2D eigenvalue weighted by Crippen LogP contribution is -2.23. The lowest BCUT2D eigenvalue weighted by atomic mass is 9.96. The van der Waals surface area contributed by atoms with E-state index in [0.717, 1.165) is 29.5 Å². The van der Waals surface area contributed by atoms with Crippen LogP contribution in [0.15, 0.2) is 36.4 Å². The minimum Gasteiger partial charge on any atom is -0.493 e. The van der Waals surface area contributed by atoms with Gasteiger partial charge in [-0.3, -0.25) is 4.79 Å². The summed E-state index contributed by atoms with van der Waals surface area (Å²) in [6, 6.07) is 11.2. The van der Waals surface area contributed by atoms with Gasteiger partial charge in [-0.15, -0.1) is 0 Å². The van der Waals surface area contributed by atoms with Gasteiger partial charge in [-0.2, -0.15) is 0 Å². The Balaban J connectivity index is 1.73. The predicted molar refractivity (Wildman–Crippen MR) is 96.4 cm³/mol. The molecule has 3 rings (SSSR count). The fourth-order valence-electron chi connectivity index (χ4n) is 2.96. The van der Waals surface area contributed by atoms with E-state index in [-0.39, 0.29) is 12.6 Å². The Morgan fingerprint density at radius 3 is 2.24 bits per heavy atom. The number of hydrogen-bond donors (Lipinski definition) is 0. The van der Waals surface area contributed by atoms with Crippen molar-refractivity contribution in [3.63, 3.8) is 0 Å².